The van der Waals surface area contributed by atoms with Crippen LogP contribution in [0.4, 0.5) is 4.79 Å². The lowest BCUT2D eigenvalue weighted by Crippen LogP contribution is -2.44. The maximum atomic E-state index is 11.4. The van der Waals surface area contributed by atoms with E-state index in [0.29, 0.717) is 0 Å². The number of hydrogen-bond acceptors (Lipinski definition) is 3. The Morgan fingerprint density at radius 1 is 1.42 bits per heavy atom. The van der Waals surface area contributed by atoms with Crippen molar-refractivity contribution in [1.82, 2.24) is 9.80 Å². The standard InChI is InChI=1S/C7H12N2O3/c1-7(2)5(11)8(3)6(12)9(7)4-10/h10H,4H2,1-3H3. The summed E-state index contributed by atoms with van der Waals surface area (Å²) in [6.07, 6.45) is 0. The number of amides is 3. The van der Waals surface area contributed by atoms with Gasteiger partial charge in [-0.05, 0) is 13.8 Å². The second-order valence-electron chi connectivity index (χ2n) is 3.28. The van der Waals surface area contributed by atoms with Crippen LogP contribution in [0.2, 0.25) is 0 Å². The Hall–Kier alpha value is -1.10. The lowest BCUT2D eigenvalue weighted by molar-refractivity contribution is -0.131. The van der Waals surface area contributed by atoms with Crippen LogP contribution in [0.5, 0.6) is 0 Å². The van der Waals surface area contributed by atoms with Gasteiger partial charge in [0.1, 0.15) is 12.3 Å². The van der Waals surface area contributed by atoms with Crippen molar-refractivity contribution in [3.8, 4) is 0 Å². The van der Waals surface area contributed by atoms with Crippen LogP contribution in [-0.4, -0.2) is 46.2 Å². The largest absolute Gasteiger partial charge is 0.376 e. The molecule has 0 atom stereocenters. The number of hydrogen-bond donors (Lipinski definition) is 1. The number of urea groups is 1. The molecule has 68 valence electrons. The number of aliphatic hydroxyl groups excluding tert-OH is 1. The molecule has 0 unspecified atom stereocenters. The van der Waals surface area contributed by atoms with Gasteiger partial charge in [-0.2, -0.15) is 0 Å². The molecule has 1 N–H and O–H groups in total. The van der Waals surface area contributed by atoms with Crippen LogP contribution < -0.4 is 0 Å². The van der Waals surface area contributed by atoms with E-state index >= 15 is 0 Å². The van der Waals surface area contributed by atoms with E-state index in [1.165, 1.54) is 7.05 Å². The lowest BCUT2D eigenvalue weighted by Gasteiger charge is -2.24. The van der Waals surface area contributed by atoms with Crippen LogP contribution >= 0.6 is 0 Å². The molecule has 1 aliphatic rings. The predicted molar refractivity (Wildman–Crippen MR) is 41.2 cm³/mol. The molecule has 0 aromatic heterocycles. The SMILES string of the molecule is CN1C(=O)N(CO)C(C)(C)C1=O. The normalized spacial score (nSPS) is 22.3. The van der Waals surface area contributed by atoms with Crippen molar-refractivity contribution < 1.29 is 14.7 Å². The van der Waals surface area contributed by atoms with Crippen molar-refractivity contribution in [3.05, 3.63) is 0 Å². The Bertz CT molecular complexity index is 237. The van der Waals surface area contributed by atoms with Gasteiger partial charge in [-0.15, -0.1) is 0 Å². The summed E-state index contributed by atoms with van der Waals surface area (Å²) in [5.74, 6) is -0.290. The van der Waals surface area contributed by atoms with E-state index in [-0.39, 0.29) is 5.91 Å². The second kappa shape index (κ2) is 2.45. The molecule has 12 heavy (non-hydrogen) atoms. The fourth-order valence-electron chi connectivity index (χ4n) is 1.27. The molecule has 0 aliphatic carbocycles. The van der Waals surface area contributed by atoms with E-state index in [4.69, 9.17) is 5.11 Å². The Balaban J connectivity index is 3.04. The molecular formula is C7H12N2O3. The molecule has 1 heterocycles. The van der Waals surface area contributed by atoms with Gasteiger partial charge >= 0.3 is 6.03 Å². The Labute approximate surface area is 70.6 Å². The zero-order chi connectivity index (χ0) is 9.52. The number of carbonyl (C=O) groups is 2. The van der Waals surface area contributed by atoms with Crippen molar-refractivity contribution >= 4 is 11.9 Å². The van der Waals surface area contributed by atoms with E-state index in [1.54, 1.807) is 13.8 Å². The first-order chi connectivity index (χ1) is 5.42. The lowest BCUT2D eigenvalue weighted by atomic mass is 10.1. The van der Waals surface area contributed by atoms with E-state index in [1.807, 2.05) is 0 Å². The molecule has 0 spiro atoms. The summed E-state index contributed by atoms with van der Waals surface area (Å²) in [6, 6.07) is -0.451. The van der Waals surface area contributed by atoms with Gasteiger partial charge in [-0.3, -0.25) is 14.6 Å². The van der Waals surface area contributed by atoms with E-state index in [9.17, 15) is 9.59 Å². The fraction of sp³-hybridized carbons (Fsp3) is 0.714. The minimum Gasteiger partial charge on any atom is -0.376 e. The van der Waals surface area contributed by atoms with E-state index in [2.05, 4.69) is 0 Å². The van der Waals surface area contributed by atoms with Crippen molar-refractivity contribution in [1.29, 1.82) is 0 Å². The van der Waals surface area contributed by atoms with Crippen molar-refractivity contribution in [2.75, 3.05) is 13.8 Å². The van der Waals surface area contributed by atoms with Gasteiger partial charge in [0.2, 0.25) is 0 Å². The molecule has 5 nitrogen and oxygen atoms in total. The molecular weight excluding hydrogens is 160 g/mol. The van der Waals surface area contributed by atoms with Crippen LogP contribution in [0.1, 0.15) is 13.8 Å². The number of likely N-dealkylation sites (N-methyl/N-ethyl adjacent to an activating group) is 1. The van der Waals surface area contributed by atoms with Crippen molar-refractivity contribution in [2.24, 2.45) is 0 Å². The predicted octanol–water partition coefficient (Wildman–Crippen LogP) is -0.391. The van der Waals surface area contributed by atoms with E-state index < -0.39 is 18.3 Å². The monoisotopic (exact) mass is 172 g/mol. The number of rotatable bonds is 1. The van der Waals surface area contributed by atoms with Crippen LogP contribution in [0.3, 0.4) is 0 Å². The zero-order valence-electron chi connectivity index (χ0n) is 7.37. The van der Waals surface area contributed by atoms with Crippen molar-refractivity contribution in [3.63, 3.8) is 0 Å². The summed E-state index contributed by atoms with van der Waals surface area (Å²) in [4.78, 5) is 24.7. The van der Waals surface area contributed by atoms with Crippen LogP contribution in [0, 0.1) is 0 Å². The Morgan fingerprint density at radius 3 is 2.08 bits per heavy atom. The average molecular weight is 172 g/mol. The summed E-state index contributed by atoms with van der Waals surface area (Å²) >= 11 is 0. The maximum Gasteiger partial charge on any atom is 0.329 e. The highest BCUT2D eigenvalue weighted by molar-refractivity contribution is 6.06. The van der Waals surface area contributed by atoms with Gasteiger partial charge in [0.15, 0.2) is 0 Å². The molecule has 1 rings (SSSR count). The Kier molecular flexibility index (Phi) is 1.83. The molecule has 0 aromatic carbocycles. The number of carbonyl (C=O) groups excluding carboxylic acids is 2. The highest BCUT2D eigenvalue weighted by Gasteiger charge is 2.49. The highest BCUT2D eigenvalue weighted by Crippen LogP contribution is 2.25. The van der Waals surface area contributed by atoms with Gasteiger partial charge < -0.3 is 5.11 Å². The summed E-state index contributed by atoms with van der Waals surface area (Å²) in [5, 5.41) is 8.83. The molecule has 0 saturated carbocycles. The molecule has 0 bridgehead atoms. The molecule has 0 radical (unpaired) electrons. The minimum absolute atomic E-state index is 0.290. The first-order valence-corrected chi connectivity index (χ1v) is 3.63. The molecule has 0 aromatic rings. The molecule has 3 amide bonds. The van der Waals surface area contributed by atoms with Gasteiger partial charge in [0.25, 0.3) is 5.91 Å². The number of aliphatic hydroxyl groups is 1. The first kappa shape index (κ1) is 8.99. The third-order valence-electron chi connectivity index (χ3n) is 2.16. The summed E-state index contributed by atoms with van der Waals surface area (Å²) in [6.45, 7) is 2.78. The third kappa shape index (κ3) is 0.896. The van der Waals surface area contributed by atoms with Gasteiger partial charge in [0.05, 0.1) is 0 Å². The topological polar surface area (TPSA) is 60.9 Å². The highest BCUT2D eigenvalue weighted by atomic mass is 16.3. The average Bonchev–Trinajstić information content (AvgIpc) is 2.13. The Morgan fingerprint density at radius 2 is 1.92 bits per heavy atom. The fourth-order valence-corrected chi connectivity index (χ4v) is 1.27. The van der Waals surface area contributed by atoms with Gasteiger partial charge in [-0.25, -0.2) is 4.79 Å². The maximum absolute atomic E-state index is 11.4. The molecule has 5 heteroatoms. The second-order valence-corrected chi connectivity index (χ2v) is 3.28. The van der Waals surface area contributed by atoms with Crippen LogP contribution in [-0.2, 0) is 4.79 Å². The van der Waals surface area contributed by atoms with E-state index in [0.717, 1.165) is 9.80 Å². The molecule has 1 saturated heterocycles. The summed E-state index contributed by atoms with van der Waals surface area (Å²) < 4.78 is 0. The quantitative estimate of drug-likeness (QED) is 0.548. The van der Waals surface area contributed by atoms with Crippen molar-refractivity contribution in [2.45, 2.75) is 19.4 Å². The zero-order valence-corrected chi connectivity index (χ0v) is 7.37. The third-order valence-corrected chi connectivity index (χ3v) is 2.16. The van der Waals surface area contributed by atoms with Crippen LogP contribution in [0.25, 0.3) is 0 Å². The smallest absolute Gasteiger partial charge is 0.329 e. The number of imide groups is 1. The first-order valence-electron chi connectivity index (χ1n) is 3.63. The summed E-state index contributed by atoms with van der Waals surface area (Å²) in [5.41, 5.74) is -0.916. The van der Waals surface area contributed by atoms with Crippen LogP contribution in [0.15, 0.2) is 0 Å². The molecule has 1 aliphatic heterocycles. The minimum atomic E-state index is -0.916. The molecule has 1 fully saturated rings. The summed E-state index contributed by atoms with van der Waals surface area (Å²) in [7, 11) is 1.40. The van der Waals surface area contributed by atoms with Gasteiger partial charge in [0, 0.05) is 7.05 Å². The number of nitrogens with zero attached hydrogens (tertiary/aromatic N) is 2. The van der Waals surface area contributed by atoms with Gasteiger partial charge in [-0.1, -0.05) is 0 Å².